The average molecular weight is 2140 g/mol. The summed E-state index contributed by atoms with van der Waals surface area (Å²) in [5, 5.41) is 238. The number of rotatable bonds is 52. The van der Waals surface area contributed by atoms with Gasteiger partial charge in [0.25, 0.3) is 0 Å². The molecule has 6 aliphatic rings. The maximum Gasteiger partial charge on any atom is 0.132 e. The van der Waals surface area contributed by atoms with Gasteiger partial charge in [-0.15, -0.1) is 84.3 Å². The molecule has 51 nitrogen and oxygen atoms in total. The van der Waals surface area contributed by atoms with Crippen LogP contribution in [0.15, 0.2) is 117 Å². The molecule has 0 spiro atoms. The summed E-state index contributed by atoms with van der Waals surface area (Å²) in [7, 11) is 0. The summed E-state index contributed by atoms with van der Waals surface area (Å²) in [6.07, 6.45) is -1.03. The van der Waals surface area contributed by atoms with E-state index in [9.17, 15) is 102 Å². The van der Waals surface area contributed by atoms with Crippen molar-refractivity contribution in [3.05, 3.63) is 168 Å². The number of H-pyrrole nitrogens is 2. The zero-order valence-corrected chi connectivity index (χ0v) is 83.9. The molecule has 26 unspecified atom stereocenters. The summed E-state index contributed by atoms with van der Waals surface area (Å²) in [6.45, 7) is 6.28. The number of nitrogens with zero attached hydrogens (tertiary/aromatic N) is 17. The van der Waals surface area contributed by atoms with Gasteiger partial charge in [0.05, 0.1) is 147 Å². The Morgan fingerprint density at radius 3 is 1.05 bits per heavy atom. The van der Waals surface area contributed by atoms with E-state index in [0.717, 1.165) is 77.9 Å². The smallest absolute Gasteiger partial charge is 0.132 e. The van der Waals surface area contributed by atoms with Crippen LogP contribution in [-0.4, -0.2) is 460 Å². The Morgan fingerprint density at radius 2 is 0.717 bits per heavy atom. The highest BCUT2D eigenvalue weighted by Gasteiger charge is 2.48. The number of aliphatic hydroxyl groups excluding tert-OH is 20. The van der Waals surface area contributed by atoms with E-state index in [4.69, 9.17) is 53.1 Å². The fraction of sp³-hybridized carbons (Fsp3) is 0.685. The molecule has 0 bridgehead atoms. The number of hydrogen-bond donors (Lipinski definition) is 24. The normalized spacial score (nSPS) is 28.6. The third kappa shape index (κ3) is 38.7. The molecule has 0 amide bonds. The molecule has 9 aromatic rings. The largest absolute Gasteiger partial charge is 0.394 e. The van der Waals surface area contributed by atoms with Crippen LogP contribution in [0.2, 0.25) is 0 Å². The second-order valence-corrected chi connectivity index (χ2v) is 40.8. The molecule has 145 heavy (non-hydrogen) atoms. The molecule has 0 radical (unpaired) electrons. The molecule has 0 saturated carbocycles. The number of aromatic nitrogens is 19. The van der Waals surface area contributed by atoms with E-state index in [-0.39, 0.29) is 6.04 Å². The summed E-state index contributed by atoms with van der Waals surface area (Å²) in [5.74, 6) is 3.12. The van der Waals surface area contributed by atoms with E-state index in [1.807, 2.05) is 90.4 Å². The second-order valence-electron chi connectivity index (χ2n) is 34.8. The first-order valence-electron chi connectivity index (χ1n) is 47.8. The molecule has 25 N–H and O–H groups in total. The molecule has 6 aliphatic heterocycles. The molecule has 6 saturated heterocycles. The highest BCUT2D eigenvalue weighted by Crippen LogP contribution is 2.35. The van der Waals surface area contributed by atoms with Gasteiger partial charge in [-0.05, 0) is 117 Å². The Bertz CT molecular complexity index is 4770. The van der Waals surface area contributed by atoms with E-state index in [1.165, 1.54) is 70.8 Å². The highest BCUT2D eigenvalue weighted by atomic mass is 32.2. The van der Waals surface area contributed by atoms with Crippen molar-refractivity contribution in [2.75, 3.05) is 101 Å². The van der Waals surface area contributed by atoms with Gasteiger partial charge in [-0.3, -0.25) is 14.3 Å². The molecule has 6 fully saturated rings. The van der Waals surface area contributed by atoms with Crippen LogP contribution in [0, 0.1) is 0 Å². The van der Waals surface area contributed by atoms with Crippen LogP contribution in [0.4, 0.5) is 0 Å². The summed E-state index contributed by atoms with van der Waals surface area (Å²) in [4.78, 5) is 14.3. The van der Waals surface area contributed by atoms with Crippen molar-refractivity contribution in [2.45, 2.75) is 278 Å². The second kappa shape index (κ2) is 64.0. The third-order valence-electron chi connectivity index (χ3n) is 23.3. The maximum atomic E-state index is 10.0. The number of benzene rings is 1. The van der Waals surface area contributed by atoms with Crippen LogP contribution in [0.3, 0.4) is 0 Å². The van der Waals surface area contributed by atoms with Gasteiger partial charge >= 0.3 is 0 Å². The molecule has 8 aromatic heterocycles. The summed E-state index contributed by atoms with van der Waals surface area (Å²) in [6, 6.07) is 20.1. The van der Waals surface area contributed by atoms with Crippen LogP contribution >= 0.6 is 58.8 Å². The van der Waals surface area contributed by atoms with Crippen molar-refractivity contribution in [3.63, 3.8) is 0 Å². The third-order valence-corrected chi connectivity index (χ3v) is 29.5. The first-order chi connectivity index (χ1) is 70.3. The van der Waals surface area contributed by atoms with Crippen LogP contribution < -0.4 is 11.1 Å². The summed E-state index contributed by atoms with van der Waals surface area (Å²) >= 11 is 6.56. The van der Waals surface area contributed by atoms with Crippen LogP contribution in [0.1, 0.15) is 96.1 Å². The lowest BCUT2D eigenvalue weighted by Crippen LogP contribution is -2.57. The van der Waals surface area contributed by atoms with Gasteiger partial charge < -0.3 is 171 Å². The van der Waals surface area contributed by atoms with Crippen molar-refractivity contribution < 1.29 is 149 Å². The number of ether oxygens (including phenoxy) is 10. The zero-order chi connectivity index (χ0) is 103. The summed E-state index contributed by atoms with van der Waals surface area (Å²) < 4.78 is 64.0. The van der Waals surface area contributed by atoms with Crippen molar-refractivity contribution in [2.24, 2.45) is 5.73 Å². The first-order valence-corrected chi connectivity index (χ1v) is 53.0. The SMILES string of the molecule is N[C@H](Cc1ccccc1)Cn1cc(COCCCSC2OC(CO)C(O)C(O)C2O)nn1.OCC1OC(SCCCOCc2cn(CC3CCCN3)nn2)C(O)C(O)C1O.OCC1OC(SCCCOCc2cn(Cc3ccc[nH]3)nn2)C(O)C(O)C1O.OCC1OC(SCCCOCc2cn(Cc3ccccn3)nn2)C(O)C(O)C1O.OCC1OC(SCCCOCc2cn(Cc3cnc[nH]3)nn2)C(O)C(O)C1O. The number of nitrogens with one attached hydrogen (secondary N) is 3. The first kappa shape index (κ1) is 118. The quantitative estimate of drug-likeness (QED) is 0.0158. The van der Waals surface area contributed by atoms with Crippen LogP contribution in [-0.2, 0) is 120 Å². The topological polar surface area (TPSA) is 746 Å². The van der Waals surface area contributed by atoms with Crippen LogP contribution in [0.25, 0.3) is 0 Å². The van der Waals surface area contributed by atoms with Gasteiger partial charge in [0, 0.05) is 69.4 Å². The van der Waals surface area contributed by atoms with Crippen molar-refractivity contribution >= 4 is 58.8 Å². The lowest BCUT2D eigenvalue weighted by molar-refractivity contribution is -0.205. The number of nitrogens with two attached hydrogens (primary N) is 1. The van der Waals surface area contributed by atoms with Gasteiger partial charge in [0.1, 0.15) is 178 Å². The lowest BCUT2D eigenvalue weighted by atomic mass is 10.0. The molecule has 15 rings (SSSR count). The van der Waals surface area contributed by atoms with E-state index in [1.54, 1.807) is 37.4 Å². The molecule has 0 aliphatic carbocycles. The standard InChI is InChI=1S/C21H32N4O6S.C18H26N4O6S.C17H30N4O6S.C17H26N4O6S.C16H25N5O6S/c22-15(9-14-5-2-1-3-6-14)10-25-11-16(23-24-25)13-30-7-4-8-32-21-20(29)19(28)18(27)17(12-26)31-21;23-10-14-15(24)16(25)17(26)18(28-14)29-7-3-6-27-11-13-9-22(21-20-13)8-12-4-1-2-5-19-12;2*22-9-13-14(23)15(24)16(25)17(27-13)28-6-2-5-26-10-12-8-21(20-19-12)7-11-3-1-4-18-11;22-7-12-13(23)14(24)15(25)16(27-12)28-3-1-2-26-8-11-6-21(20-19-11)5-10-4-17-9-18-10/h1-3,5-6,11,15,17-21,26-29H,4,7-10,12-13,22H2;1-2,4-5,9,14-18,23-26H,3,6-8,10-11H2;8,11,13-18,22-25H,1-7,9-10H2;1,3-4,8,13-18,22-25H,2,5-7,9-10H2;4,6,9,12-16,22-25H,1-3,5,7-8H2,(H,17,18)/t15-,17?,18?,19?,20?,21?;;;;/m1..../s1. The average Bonchev–Trinajstić information content (AvgIpc) is 1.81. The maximum absolute atomic E-state index is 10.0. The predicted molar refractivity (Wildman–Crippen MR) is 523 cm³/mol. The molecule has 1 aromatic carbocycles. The van der Waals surface area contributed by atoms with E-state index < -0.39 is 182 Å². The van der Waals surface area contributed by atoms with Crippen molar-refractivity contribution in [1.82, 2.24) is 100 Å². The van der Waals surface area contributed by atoms with Gasteiger partial charge in [-0.2, -0.15) is 0 Å². The molecule has 14 heterocycles. The predicted octanol–water partition coefficient (Wildman–Crippen LogP) is -5.50. The zero-order valence-electron chi connectivity index (χ0n) is 79.8. The minimum atomic E-state index is -1.35. The number of aromatic amines is 2. The Hall–Kier alpha value is -6.97. The van der Waals surface area contributed by atoms with Gasteiger partial charge in [-0.25, -0.2) is 19.0 Å². The molecule has 810 valence electrons. The number of thioether (sulfide) groups is 5. The Morgan fingerprint density at radius 1 is 0.372 bits per heavy atom. The van der Waals surface area contributed by atoms with Crippen molar-refractivity contribution in [1.29, 1.82) is 0 Å². The fourth-order valence-corrected chi connectivity index (χ4v) is 20.8. The highest BCUT2D eigenvalue weighted by molar-refractivity contribution is 8.00. The number of aliphatic hydroxyl groups is 20. The Balaban J connectivity index is 0.000000173. The number of hydrogen-bond acceptors (Lipinski definition) is 49. The van der Waals surface area contributed by atoms with E-state index in [2.05, 4.69) is 88.9 Å². The molecule has 27 atom stereocenters. The van der Waals surface area contributed by atoms with Gasteiger partial charge in [0.15, 0.2) is 0 Å². The fourth-order valence-electron chi connectivity index (χ4n) is 15.3. The number of pyridine rings is 1. The minimum Gasteiger partial charge on any atom is -0.394 e. The minimum absolute atomic E-state index is 0.0627. The summed E-state index contributed by atoms with van der Waals surface area (Å²) in [5.41, 5.74) is 10.4. The number of imidazole rings is 1. The van der Waals surface area contributed by atoms with Gasteiger partial charge in [0.2, 0.25) is 0 Å². The van der Waals surface area contributed by atoms with Crippen LogP contribution in [0.5, 0.6) is 0 Å². The van der Waals surface area contributed by atoms with Crippen molar-refractivity contribution in [3.8, 4) is 0 Å². The Kier molecular flexibility index (Phi) is 52.2. The van der Waals surface area contributed by atoms with E-state index in [0.29, 0.717) is 153 Å². The van der Waals surface area contributed by atoms with E-state index >= 15 is 0 Å². The Labute approximate surface area is 856 Å². The lowest BCUT2D eigenvalue weighted by Gasteiger charge is -2.39. The molecule has 56 heteroatoms. The monoisotopic (exact) mass is 2140 g/mol. The molecular weight excluding hydrogens is 2000 g/mol. The van der Waals surface area contributed by atoms with Gasteiger partial charge in [-0.1, -0.05) is 62.5 Å². The molecular formula is C89H139N21O30S5.